The van der Waals surface area contributed by atoms with Crippen LogP contribution >= 0.6 is 0 Å². The second-order valence-electron chi connectivity index (χ2n) is 8.41. The topological polar surface area (TPSA) is 46.9 Å². The predicted octanol–water partition coefficient (Wildman–Crippen LogP) is 4.73. The molecule has 0 unspecified atom stereocenters. The molecule has 0 aliphatic heterocycles. The third-order valence-corrected chi connectivity index (χ3v) is 6.08. The van der Waals surface area contributed by atoms with Crippen LogP contribution in [0.25, 0.3) is 0 Å². The van der Waals surface area contributed by atoms with Gasteiger partial charge in [-0.15, -0.1) is 0 Å². The monoisotopic (exact) mass is 412 g/mol. The van der Waals surface area contributed by atoms with Crippen LogP contribution in [0.3, 0.4) is 0 Å². The van der Waals surface area contributed by atoms with Gasteiger partial charge in [0.15, 0.2) is 0 Å². The van der Waals surface area contributed by atoms with Gasteiger partial charge >= 0.3 is 0 Å². The third kappa shape index (κ3) is 5.55. The smallest absolute Gasteiger partial charge is 0.0606 e. The van der Waals surface area contributed by atoms with E-state index >= 15 is 0 Å². The number of anilines is 2. The largest absolute Gasteiger partial charge is 0.395 e. The fourth-order valence-electron chi connectivity index (χ4n) is 4.48. The number of aryl methyl sites for hydroxylation is 2. The minimum absolute atomic E-state index is 0.167. The molecule has 0 spiro atoms. The predicted molar refractivity (Wildman–Crippen MR) is 129 cm³/mol. The standard InChI is InChI=1S/C26H40N2O2/c1-7-27(13-15-29)22-9-11-24(20(5)17-22)26(19(3)4)25-12-10-23(18-21(25)6)28(8-2)14-16-30/h9-12,17-19,26,29-30H,7-8,13-16H2,1-6H3. The Labute approximate surface area is 183 Å². The van der Waals surface area contributed by atoms with Gasteiger partial charge in [-0.2, -0.15) is 0 Å². The summed E-state index contributed by atoms with van der Waals surface area (Å²) in [6, 6.07) is 13.4. The highest BCUT2D eigenvalue weighted by molar-refractivity contribution is 5.56. The average molecular weight is 413 g/mol. The van der Waals surface area contributed by atoms with E-state index in [0.29, 0.717) is 24.9 Å². The van der Waals surface area contributed by atoms with E-state index in [1.165, 1.54) is 33.6 Å². The van der Waals surface area contributed by atoms with Crippen molar-refractivity contribution in [3.63, 3.8) is 0 Å². The normalized spacial score (nSPS) is 11.4. The van der Waals surface area contributed by atoms with Crippen molar-refractivity contribution in [1.29, 1.82) is 0 Å². The van der Waals surface area contributed by atoms with Gasteiger partial charge in [-0.1, -0.05) is 26.0 Å². The lowest BCUT2D eigenvalue weighted by Gasteiger charge is -2.29. The third-order valence-electron chi connectivity index (χ3n) is 6.08. The van der Waals surface area contributed by atoms with E-state index in [9.17, 15) is 10.2 Å². The van der Waals surface area contributed by atoms with Crippen LogP contribution in [-0.4, -0.2) is 49.6 Å². The molecule has 0 fully saturated rings. The van der Waals surface area contributed by atoms with Crippen LogP contribution in [0.4, 0.5) is 11.4 Å². The molecule has 2 rings (SSSR count). The van der Waals surface area contributed by atoms with Crippen LogP contribution in [0.2, 0.25) is 0 Å². The second-order valence-corrected chi connectivity index (χ2v) is 8.41. The van der Waals surface area contributed by atoms with Crippen molar-refractivity contribution in [3.8, 4) is 0 Å². The minimum atomic E-state index is 0.167. The highest BCUT2D eigenvalue weighted by Gasteiger charge is 2.23. The van der Waals surface area contributed by atoms with E-state index in [1.807, 2.05) is 0 Å². The Morgan fingerprint density at radius 2 is 1.13 bits per heavy atom. The van der Waals surface area contributed by atoms with Crippen LogP contribution < -0.4 is 9.80 Å². The van der Waals surface area contributed by atoms with Crippen molar-refractivity contribution < 1.29 is 10.2 Å². The van der Waals surface area contributed by atoms with Crippen LogP contribution in [0, 0.1) is 19.8 Å². The van der Waals surface area contributed by atoms with Gasteiger partial charge < -0.3 is 20.0 Å². The highest BCUT2D eigenvalue weighted by Crippen LogP contribution is 2.37. The van der Waals surface area contributed by atoms with E-state index in [0.717, 1.165) is 13.1 Å². The molecule has 0 radical (unpaired) electrons. The molecule has 0 aromatic heterocycles. The Hall–Kier alpha value is -2.04. The minimum Gasteiger partial charge on any atom is -0.395 e. The first-order valence-electron chi connectivity index (χ1n) is 11.3. The molecule has 2 N–H and O–H groups in total. The number of hydrogen-bond acceptors (Lipinski definition) is 4. The average Bonchev–Trinajstić information content (AvgIpc) is 2.72. The molecule has 0 atom stereocenters. The van der Waals surface area contributed by atoms with Gasteiger partial charge in [0.2, 0.25) is 0 Å². The fourth-order valence-corrected chi connectivity index (χ4v) is 4.48. The quantitative estimate of drug-likeness (QED) is 0.560. The molecule has 0 bridgehead atoms. The zero-order valence-corrected chi connectivity index (χ0v) is 19.7. The molecule has 2 aromatic carbocycles. The number of aliphatic hydroxyl groups is 2. The first-order chi connectivity index (χ1) is 14.4. The van der Waals surface area contributed by atoms with Gasteiger partial charge in [-0.3, -0.25) is 0 Å². The molecule has 0 saturated heterocycles. The van der Waals surface area contributed by atoms with Crippen molar-refractivity contribution in [2.24, 2.45) is 5.92 Å². The second kappa shape index (κ2) is 11.4. The zero-order chi connectivity index (χ0) is 22.3. The Bertz CT molecular complexity index is 740. The Morgan fingerprint density at radius 3 is 1.40 bits per heavy atom. The van der Waals surface area contributed by atoms with Crippen molar-refractivity contribution in [3.05, 3.63) is 58.7 Å². The van der Waals surface area contributed by atoms with Crippen molar-refractivity contribution >= 4 is 11.4 Å². The lowest BCUT2D eigenvalue weighted by atomic mass is 9.79. The van der Waals surface area contributed by atoms with Crippen LogP contribution in [0.1, 0.15) is 55.9 Å². The molecule has 0 aliphatic carbocycles. The molecule has 166 valence electrons. The number of nitrogens with zero attached hydrogens (tertiary/aromatic N) is 2. The summed E-state index contributed by atoms with van der Waals surface area (Å²) in [5, 5.41) is 18.7. The number of likely N-dealkylation sites (N-methyl/N-ethyl adjacent to an activating group) is 2. The summed E-state index contributed by atoms with van der Waals surface area (Å²) in [5.41, 5.74) is 7.66. The maximum absolute atomic E-state index is 9.35. The Balaban J connectivity index is 2.43. The maximum Gasteiger partial charge on any atom is 0.0606 e. The molecule has 30 heavy (non-hydrogen) atoms. The lowest BCUT2D eigenvalue weighted by molar-refractivity contribution is 0.302. The molecule has 0 saturated carbocycles. The number of hydrogen-bond donors (Lipinski definition) is 2. The number of rotatable bonds is 11. The first-order valence-corrected chi connectivity index (χ1v) is 11.3. The summed E-state index contributed by atoms with van der Waals surface area (Å²) in [7, 11) is 0. The summed E-state index contributed by atoms with van der Waals surface area (Å²) >= 11 is 0. The molecule has 4 heteroatoms. The summed E-state index contributed by atoms with van der Waals surface area (Å²) in [4.78, 5) is 4.42. The van der Waals surface area contributed by atoms with Crippen molar-refractivity contribution in [2.75, 3.05) is 49.2 Å². The van der Waals surface area contributed by atoms with Crippen LogP contribution in [-0.2, 0) is 0 Å². The number of benzene rings is 2. The van der Waals surface area contributed by atoms with Gasteiger partial charge in [-0.05, 0) is 80.1 Å². The molecule has 4 nitrogen and oxygen atoms in total. The molecular formula is C26H40N2O2. The molecule has 0 aliphatic rings. The van der Waals surface area contributed by atoms with E-state index in [4.69, 9.17) is 0 Å². The van der Waals surface area contributed by atoms with Crippen LogP contribution in [0.15, 0.2) is 36.4 Å². The van der Waals surface area contributed by atoms with Gasteiger partial charge in [-0.25, -0.2) is 0 Å². The molecule has 0 heterocycles. The molecule has 2 aromatic rings. The van der Waals surface area contributed by atoms with Crippen LogP contribution in [0.5, 0.6) is 0 Å². The van der Waals surface area contributed by atoms with E-state index in [2.05, 4.69) is 87.7 Å². The van der Waals surface area contributed by atoms with Crippen molar-refractivity contribution in [2.45, 2.75) is 47.5 Å². The SMILES string of the molecule is CCN(CCO)c1ccc(C(c2ccc(N(CC)CCO)cc2C)C(C)C)c(C)c1. The van der Waals surface area contributed by atoms with Gasteiger partial charge in [0.05, 0.1) is 13.2 Å². The lowest BCUT2D eigenvalue weighted by Crippen LogP contribution is -2.26. The van der Waals surface area contributed by atoms with E-state index in [1.54, 1.807) is 0 Å². The maximum atomic E-state index is 9.35. The van der Waals surface area contributed by atoms with Gasteiger partial charge in [0.1, 0.15) is 0 Å². The van der Waals surface area contributed by atoms with E-state index < -0.39 is 0 Å². The zero-order valence-electron chi connectivity index (χ0n) is 19.7. The Morgan fingerprint density at radius 1 is 0.733 bits per heavy atom. The van der Waals surface area contributed by atoms with Crippen molar-refractivity contribution in [1.82, 2.24) is 0 Å². The molecular weight excluding hydrogens is 372 g/mol. The Kier molecular flexibility index (Phi) is 9.19. The van der Waals surface area contributed by atoms with E-state index in [-0.39, 0.29) is 13.2 Å². The van der Waals surface area contributed by atoms with Gasteiger partial charge in [0.25, 0.3) is 0 Å². The molecule has 0 amide bonds. The summed E-state index contributed by atoms with van der Waals surface area (Å²) < 4.78 is 0. The van der Waals surface area contributed by atoms with Gasteiger partial charge in [0, 0.05) is 43.5 Å². The summed E-state index contributed by atoms with van der Waals surface area (Å²) in [6.07, 6.45) is 0. The fraction of sp³-hybridized carbons (Fsp3) is 0.538. The summed E-state index contributed by atoms with van der Waals surface area (Å²) in [5.74, 6) is 0.799. The first kappa shape index (κ1) is 24.2. The highest BCUT2D eigenvalue weighted by atomic mass is 16.3. The summed E-state index contributed by atoms with van der Waals surface area (Å²) in [6.45, 7) is 16.6. The number of aliphatic hydroxyl groups excluding tert-OH is 2.